The van der Waals surface area contributed by atoms with Crippen molar-refractivity contribution in [2.45, 2.75) is 13.5 Å². The fourth-order valence-electron chi connectivity index (χ4n) is 2.24. The summed E-state index contributed by atoms with van der Waals surface area (Å²) in [5, 5.41) is 0. The second-order valence-electron chi connectivity index (χ2n) is 4.44. The molecule has 0 radical (unpaired) electrons. The van der Waals surface area contributed by atoms with E-state index in [2.05, 4.69) is 27.5 Å². The van der Waals surface area contributed by atoms with Gasteiger partial charge in [-0.25, -0.2) is 4.98 Å². The highest BCUT2D eigenvalue weighted by atomic mass is 32.1. The van der Waals surface area contributed by atoms with Gasteiger partial charge in [0.1, 0.15) is 5.82 Å². The summed E-state index contributed by atoms with van der Waals surface area (Å²) in [5.74, 6) is 0.996. The number of hydrogen-bond donors (Lipinski definition) is 1. The molecule has 3 rings (SSSR count). The maximum atomic E-state index is 5.40. The highest BCUT2D eigenvalue weighted by Gasteiger charge is 2.09. The average Bonchev–Trinajstić information content (AvgIpc) is 2.86. The smallest absolute Gasteiger partial charge is 0.178 e. The van der Waals surface area contributed by atoms with Crippen molar-refractivity contribution in [2.75, 3.05) is 0 Å². The number of aryl methyl sites for hydroxylation is 2. The summed E-state index contributed by atoms with van der Waals surface area (Å²) in [5.41, 5.74) is 3.45. The maximum Gasteiger partial charge on any atom is 0.178 e. The normalized spacial score (nSPS) is 11.2. The lowest BCUT2D eigenvalue weighted by atomic mass is 10.2. The zero-order valence-electron chi connectivity index (χ0n) is 10.3. The predicted octanol–water partition coefficient (Wildman–Crippen LogP) is 2.79. The molecule has 3 aromatic rings. The van der Waals surface area contributed by atoms with E-state index in [-0.39, 0.29) is 0 Å². The van der Waals surface area contributed by atoms with Crippen molar-refractivity contribution < 1.29 is 0 Å². The van der Waals surface area contributed by atoms with Gasteiger partial charge >= 0.3 is 0 Å². The van der Waals surface area contributed by atoms with Gasteiger partial charge in [-0.2, -0.15) is 0 Å². The van der Waals surface area contributed by atoms with Crippen molar-refractivity contribution in [2.24, 2.45) is 7.05 Å². The Kier molecular flexibility index (Phi) is 2.56. The quantitative estimate of drug-likeness (QED) is 0.718. The molecule has 2 aromatic heterocycles. The number of nitrogens with one attached hydrogen (secondary N) is 1. The second-order valence-corrected chi connectivity index (χ2v) is 4.83. The first-order valence-electron chi connectivity index (χ1n) is 5.81. The minimum atomic E-state index is 0.688. The second kappa shape index (κ2) is 4.10. The first kappa shape index (κ1) is 11.2. The number of rotatable bonds is 2. The largest absolute Gasteiger partial charge is 0.337 e. The van der Waals surface area contributed by atoms with Crippen molar-refractivity contribution in [1.82, 2.24) is 19.1 Å². The summed E-state index contributed by atoms with van der Waals surface area (Å²) in [6.45, 7) is 2.78. The van der Waals surface area contributed by atoms with E-state index in [0.29, 0.717) is 6.54 Å². The fraction of sp³-hybridized carbons (Fsp3) is 0.231. The molecule has 0 atom stereocenters. The lowest BCUT2D eigenvalue weighted by Gasteiger charge is -2.06. The highest BCUT2D eigenvalue weighted by Crippen LogP contribution is 2.19. The number of imidazole rings is 2. The molecule has 92 valence electrons. The Bertz CT molecular complexity index is 763. The average molecular weight is 258 g/mol. The number of hydrogen-bond acceptors (Lipinski definition) is 2. The van der Waals surface area contributed by atoms with Crippen molar-refractivity contribution in [1.29, 1.82) is 0 Å². The van der Waals surface area contributed by atoms with Gasteiger partial charge in [-0.05, 0) is 30.8 Å². The van der Waals surface area contributed by atoms with E-state index in [1.807, 2.05) is 29.9 Å². The van der Waals surface area contributed by atoms with Gasteiger partial charge < -0.3 is 14.1 Å². The molecule has 0 fully saturated rings. The Labute approximate surface area is 110 Å². The summed E-state index contributed by atoms with van der Waals surface area (Å²) in [6, 6.07) is 6.18. The Morgan fingerprint density at radius 1 is 1.39 bits per heavy atom. The van der Waals surface area contributed by atoms with Crippen LogP contribution < -0.4 is 0 Å². The summed E-state index contributed by atoms with van der Waals surface area (Å²) in [4.78, 5) is 7.59. The molecular weight excluding hydrogens is 244 g/mol. The fourth-order valence-corrected chi connectivity index (χ4v) is 2.51. The van der Waals surface area contributed by atoms with E-state index in [0.717, 1.165) is 21.6 Å². The lowest BCUT2D eigenvalue weighted by molar-refractivity contribution is 0.706. The Hall–Kier alpha value is -1.88. The van der Waals surface area contributed by atoms with Crippen LogP contribution in [-0.2, 0) is 13.6 Å². The summed E-state index contributed by atoms with van der Waals surface area (Å²) >= 11 is 5.40. The molecule has 2 heterocycles. The molecular formula is C13H14N4S. The van der Waals surface area contributed by atoms with Gasteiger partial charge in [0.15, 0.2) is 4.77 Å². The number of H-pyrrole nitrogens is 1. The van der Waals surface area contributed by atoms with Gasteiger partial charge in [-0.15, -0.1) is 0 Å². The number of fused-ring (bicyclic) bond motifs is 1. The van der Waals surface area contributed by atoms with Crippen LogP contribution in [-0.4, -0.2) is 19.1 Å². The van der Waals surface area contributed by atoms with Crippen LogP contribution in [0.3, 0.4) is 0 Å². The molecule has 0 saturated heterocycles. The van der Waals surface area contributed by atoms with Crippen molar-refractivity contribution in [3.8, 4) is 0 Å². The van der Waals surface area contributed by atoms with Crippen LogP contribution in [0.25, 0.3) is 11.0 Å². The zero-order chi connectivity index (χ0) is 12.7. The first-order chi connectivity index (χ1) is 8.66. The number of aromatic amines is 1. The molecule has 0 aliphatic carbocycles. The van der Waals surface area contributed by atoms with Crippen LogP contribution in [0, 0.1) is 11.7 Å². The maximum absolute atomic E-state index is 5.40. The predicted molar refractivity (Wildman–Crippen MR) is 74.2 cm³/mol. The van der Waals surface area contributed by atoms with Crippen LogP contribution in [0.5, 0.6) is 0 Å². The SMILES string of the molecule is Cc1cccc2[nH]c(=S)n(Cc3nccn3C)c12. The van der Waals surface area contributed by atoms with Crippen molar-refractivity contribution in [3.63, 3.8) is 0 Å². The van der Waals surface area contributed by atoms with E-state index in [1.165, 1.54) is 5.56 Å². The topological polar surface area (TPSA) is 38.5 Å². The molecule has 5 heteroatoms. The van der Waals surface area contributed by atoms with Gasteiger partial charge in [-0.3, -0.25) is 0 Å². The summed E-state index contributed by atoms with van der Waals surface area (Å²) in [6.07, 6.45) is 3.75. The highest BCUT2D eigenvalue weighted by molar-refractivity contribution is 7.71. The standard InChI is InChI=1S/C13H14N4S/c1-9-4-3-5-10-12(9)17(13(18)15-10)8-11-14-6-7-16(11)2/h3-7H,8H2,1-2H3,(H,15,18). The minimum absolute atomic E-state index is 0.688. The van der Waals surface area contributed by atoms with Gasteiger partial charge in [0.2, 0.25) is 0 Å². The molecule has 0 saturated carbocycles. The molecule has 0 aliphatic heterocycles. The Balaban J connectivity index is 2.20. The van der Waals surface area contributed by atoms with Gasteiger partial charge in [0, 0.05) is 19.4 Å². The van der Waals surface area contributed by atoms with Crippen LogP contribution in [0.2, 0.25) is 0 Å². The molecule has 1 N–H and O–H groups in total. The van der Waals surface area contributed by atoms with Gasteiger partial charge in [0.05, 0.1) is 17.6 Å². The molecule has 18 heavy (non-hydrogen) atoms. The van der Waals surface area contributed by atoms with E-state index in [4.69, 9.17) is 12.2 Å². The number of para-hydroxylation sites is 1. The van der Waals surface area contributed by atoms with Crippen LogP contribution in [0.15, 0.2) is 30.6 Å². The van der Waals surface area contributed by atoms with Crippen LogP contribution >= 0.6 is 12.2 Å². The third kappa shape index (κ3) is 1.67. The van der Waals surface area contributed by atoms with E-state index in [9.17, 15) is 0 Å². The third-order valence-corrected chi connectivity index (χ3v) is 3.54. The monoisotopic (exact) mass is 258 g/mol. The molecule has 0 unspecified atom stereocenters. The molecule has 0 bridgehead atoms. The van der Waals surface area contributed by atoms with E-state index in [1.54, 1.807) is 6.20 Å². The molecule has 1 aromatic carbocycles. The van der Waals surface area contributed by atoms with Crippen LogP contribution in [0.1, 0.15) is 11.4 Å². The number of nitrogens with zero attached hydrogens (tertiary/aromatic N) is 3. The third-order valence-electron chi connectivity index (χ3n) is 3.21. The van der Waals surface area contributed by atoms with Crippen molar-refractivity contribution >= 4 is 23.3 Å². The molecule has 0 amide bonds. The number of aromatic nitrogens is 4. The molecule has 4 nitrogen and oxygen atoms in total. The lowest BCUT2D eigenvalue weighted by Crippen LogP contribution is -2.06. The van der Waals surface area contributed by atoms with Crippen molar-refractivity contribution in [3.05, 3.63) is 46.8 Å². The molecule has 0 spiro atoms. The van der Waals surface area contributed by atoms with E-state index >= 15 is 0 Å². The first-order valence-corrected chi connectivity index (χ1v) is 6.22. The summed E-state index contributed by atoms with van der Waals surface area (Å²) < 4.78 is 4.85. The Morgan fingerprint density at radius 3 is 2.94 bits per heavy atom. The zero-order valence-corrected chi connectivity index (χ0v) is 11.2. The van der Waals surface area contributed by atoms with Gasteiger partial charge in [-0.1, -0.05) is 12.1 Å². The van der Waals surface area contributed by atoms with E-state index < -0.39 is 0 Å². The van der Waals surface area contributed by atoms with Gasteiger partial charge in [0.25, 0.3) is 0 Å². The summed E-state index contributed by atoms with van der Waals surface area (Å²) in [7, 11) is 1.99. The minimum Gasteiger partial charge on any atom is -0.337 e. The van der Waals surface area contributed by atoms with Crippen LogP contribution in [0.4, 0.5) is 0 Å². The molecule has 0 aliphatic rings. The Morgan fingerprint density at radius 2 is 2.22 bits per heavy atom. The number of benzene rings is 1.